The summed E-state index contributed by atoms with van der Waals surface area (Å²) in [7, 11) is 2.32. The molecular formula is C94H149F21O23. The van der Waals surface area contributed by atoms with E-state index in [1.165, 1.54) is 102 Å². The van der Waals surface area contributed by atoms with Gasteiger partial charge in [0.1, 0.15) is 0 Å². The maximum atomic E-state index is 13.2. The van der Waals surface area contributed by atoms with Crippen LogP contribution in [-0.4, -0.2) is 188 Å². The molecule has 8 saturated carbocycles. The van der Waals surface area contributed by atoms with Crippen molar-refractivity contribution in [3.63, 3.8) is 0 Å². The molecule has 0 aromatic rings. The normalized spacial score (nSPS) is 26.1. The van der Waals surface area contributed by atoms with E-state index in [-0.39, 0.29) is 82.4 Å². The second-order valence-electron chi connectivity index (χ2n) is 38.0. The molecule has 0 radical (unpaired) electrons. The molecule has 15 atom stereocenters. The lowest BCUT2D eigenvalue weighted by Gasteiger charge is -2.54. The van der Waals surface area contributed by atoms with Crippen molar-refractivity contribution in [2.24, 2.45) is 79.3 Å². The van der Waals surface area contributed by atoms with Crippen molar-refractivity contribution in [2.75, 3.05) is 47.4 Å². The third kappa shape index (κ3) is 35.2. The highest BCUT2D eigenvalue weighted by Gasteiger charge is 2.64. The van der Waals surface area contributed by atoms with Gasteiger partial charge in [0, 0.05) is 46.0 Å². The number of ether oxygens (including phenoxy) is 15. The zero-order chi connectivity index (χ0) is 106. The summed E-state index contributed by atoms with van der Waals surface area (Å²) < 4.78 is 343. The molecule has 8 aliphatic carbocycles. The summed E-state index contributed by atoms with van der Waals surface area (Å²) in [5.41, 5.74) is -17.2. The van der Waals surface area contributed by atoms with Crippen LogP contribution in [-0.2, 0) is 109 Å². The Balaban J connectivity index is 0.000000538. The number of halogens is 21. The quantitative estimate of drug-likeness (QED) is 0.0205. The lowest BCUT2D eigenvalue weighted by atomic mass is 9.55. The van der Waals surface area contributed by atoms with Crippen LogP contribution in [0.3, 0.4) is 0 Å². The van der Waals surface area contributed by atoms with Crippen LogP contribution < -0.4 is 0 Å². The van der Waals surface area contributed by atoms with E-state index in [1.807, 2.05) is 6.92 Å². The predicted molar refractivity (Wildman–Crippen MR) is 457 cm³/mol. The summed E-state index contributed by atoms with van der Waals surface area (Å²) in [5, 5.41) is 0. The van der Waals surface area contributed by atoms with Crippen LogP contribution in [0.2, 0.25) is 0 Å². The number of hydrogen-bond donors (Lipinski definition) is 0. The molecule has 44 heteroatoms. The molecule has 10 fully saturated rings. The van der Waals surface area contributed by atoms with Gasteiger partial charge in [0.15, 0.2) is 63.6 Å². The van der Waals surface area contributed by atoms with Crippen molar-refractivity contribution in [2.45, 2.75) is 423 Å². The molecule has 2 aliphatic heterocycles. The Bertz CT molecular complexity index is 3640. The van der Waals surface area contributed by atoms with Gasteiger partial charge in [-0.1, -0.05) is 80.6 Å². The predicted octanol–water partition coefficient (Wildman–Crippen LogP) is 25.4. The molecule has 0 spiro atoms. The molecule has 138 heavy (non-hydrogen) atoms. The summed E-state index contributed by atoms with van der Waals surface area (Å²) in [6.45, 7) is 25.0. The first-order valence-electron chi connectivity index (χ1n) is 47.8. The molecule has 10 aliphatic rings. The van der Waals surface area contributed by atoms with Crippen LogP contribution in [0.1, 0.15) is 331 Å². The molecule has 810 valence electrons. The van der Waals surface area contributed by atoms with Gasteiger partial charge in [-0.3, -0.25) is 38.4 Å². The lowest BCUT2D eigenvalue weighted by molar-refractivity contribution is -0.269. The third-order valence-corrected chi connectivity index (χ3v) is 28.6. The van der Waals surface area contributed by atoms with Crippen molar-refractivity contribution in [3.05, 3.63) is 0 Å². The smallest absolute Gasteiger partial charge is 0.404 e. The lowest BCUT2D eigenvalue weighted by Crippen LogP contribution is -2.51. The Morgan fingerprint density at radius 2 is 0.688 bits per heavy atom. The van der Waals surface area contributed by atoms with E-state index in [0.717, 1.165) is 170 Å². The molecule has 2 saturated heterocycles. The molecule has 10 rings (SSSR count). The number of alkyl halides is 21. The number of rotatable bonds is 31. The van der Waals surface area contributed by atoms with Gasteiger partial charge >= 0.3 is 91.0 Å². The number of methoxy groups -OCH3 is 2. The van der Waals surface area contributed by atoms with E-state index in [1.54, 1.807) is 6.92 Å². The van der Waals surface area contributed by atoms with Crippen LogP contribution in [0.15, 0.2) is 0 Å². The molecule has 23 nitrogen and oxygen atoms in total. The highest BCUT2D eigenvalue weighted by Crippen LogP contribution is 2.57. The van der Waals surface area contributed by atoms with Gasteiger partial charge in [0.25, 0.3) is 0 Å². The second kappa shape index (κ2) is 54.8. The van der Waals surface area contributed by atoms with Crippen molar-refractivity contribution >= 4 is 47.8 Å². The monoisotopic (exact) mass is 2050 g/mol. The standard InChI is InChI=1S/C18H27F3O3.C14H23F3O3.C13H21F3O3.C11H17F3O3.C11H18O3.C10H15F3O3.C10H17F3O3.C7H11F3O2/c1-4-17(3,18(19,20)21)16(22)24-10(2)23-15-13-6-11-5-12(8-13)9-14(15)7-11;1-4-13(3,14(15,16)17)12(18)20-10(2)19-11-8-6-5-7-9-11;1-4-11(2,13(14,15)16)10(17)19-12(18-3)8-6-5-7-9-12;1-3-10(2,11(12,13)14)9(15)17-8-6-4-5-7-16-8;1-2-13-7-14-11(12)10-6-8-3-4-9(10)5-8;1-3-9(2,10(11,12)13)8(14)16-7-5-4-6-15-7;1-5-9(4,10(11,12)13)8(14)16-7(3)15-6-2;1-4-6(2,5(11)12-3)7(8,9)10/h10-15H,4-9H2,1-3H3;10-11H,4-9H2,1-3H3;4-9H2,1-3H3;8H,3-7H2,1-2H3;8-10H,2-7H2,1H3;7H,3-6H2,1-2H3;7H,5-6H2,1-4H3;4H2,1-3H3. The SMILES string of the molecule is CCC(C)(C(=O)OC(C)OC1C2CC3CC(C2)CC1C3)C(F)(F)F.CCC(C)(C(=O)OC(C)OC1CCCCC1)C(F)(F)F.CCC(C)(C(=O)OC)C(F)(F)F.CCC(C)(C(=O)OC1(OC)CCCCC1)C(F)(F)F.CCC(C)(C(=O)OC1CCCCO1)C(F)(F)F.CCC(C)(C(=O)OC1CCCO1)C(F)(F)F.CCOC(C)OC(=O)C(C)(CC)C(F)(F)F.CCOCOC(=O)C1CC2CCC1C2. The van der Waals surface area contributed by atoms with E-state index in [9.17, 15) is 131 Å². The second-order valence-corrected chi connectivity index (χ2v) is 38.0. The summed E-state index contributed by atoms with van der Waals surface area (Å²) in [5.74, 6) is -5.91. The minimum atomic E-state index is -4.62. The van der Waals surface area contributed by atoms with Crippen LogP contribution in [0, 0.1) is 79.3 Å². The van der Waals surface area contributed by atoms with E-state index >= 15 is 0 Å². The fraction of sp³-hybridized carbons (Fsp3) is 0.915. The van der Waals surface area contributed by atoms with E-state index in [2.05, 4.69) is 9.47 Å². The van der Waals surface area contributed by atoms with Crippen LogP contribution in [0.4, 0.5) is 92.2 Å². The molecule has 0 aromatic carbocycles. The summed E-state index contributed by atoms with van der Waals surface area (Å²) >= 11 is 0. The number of hydrogen-bond acceptors (Lipinski definition) is 23. The maximum Gasteiger partial charge on any atom is 0.404 e. The molecule has 6 bridgehead atoms. The molecule has 0 N–H and O–H groups in total. The highest BCUT2D eigenvalue weighted by molar-refractivity contribution is 5.80. The number of carbonyl (C=O) groups excluding carboxylic acids is 8. The first kappa shape index (κ1) is 128. The number of fused-ring (bicyclic) bond motifs is 2. The highest BCUT2D eigenvalue weighted by atomic mass is 19.4. The fourth-order valence-corrected chi connectivity index (χ4v) is 16.9. The van der Waals surface area contributed by atoms with Crippen molar-refractivity contribution in [1.82, 2.24) is 0 Å². The van der Waals surface area contributed by atoms with Gasteiger partial charge in [-0.15, -0.1) is 0 Å². The van der Waals surface area contributed by atoms with Gasteiger partial charge in [0.2, 0.25) is 18.4 Å². The van der Waals surface area contributed by atoms with Gasteiger partial charge in [-0.25, -0.2) is 0 Å². The van der Waals surface area contributed by atoms with Crippen molar-refractivity contribution in [3.8, 4) is 0 Å². The van der Waals surface area contributed by atoms with Crippen LogP contribution in [0.25, 0.3) is 0 Å². The summed E-state index contributed by atoms with van der Waals surface area (Å²) in [4.78, 5) is 92.7. The average molecular weight is 2050 g/mol. The van der Waals surface area contributed by atoms with Crippen molar-refractivity contribution < 1.29 is 202 Å². The first-order chi connectivity index (χ1) is 63.5. The minimum Gasteiger partial charge on any atom is -0.468 e. The zero-order valence-electron chi connectivity index (χ0n) is 83.4. The first-order valence-corrected chi connectivity index (χ1v) is 47.8. The molecule has 15 unspecified atom stereocenters. The Morgan fingerprint density at radius 1 is 0.348 bits per heavy atom. The Morgan fingerprint density at radius 3 is 1.00 bits per heavy atom. The fourth-order valence-electron chi connectivity index (χ4n) is 16.9. The van der Waals surface area contributed by atoms with Crippen molar-refractivity contribution in [1.29, 1.82) is 0 Å². The van der Waals surface area contributed by atoms with Crippen LogP contribution in [0.5, 0.6) is 0 Å². The average Bonchev–Trinajstić information content (AvgIpc) is 0.787. The van der Waals surface area contributed by atoms with Gasteiger partial charge in [-0.2, -0.15) is 92.2 Å². The minimum absolute atomic E-state index is 0.0229. The number of esters is 8. The van der Waals surface area contributed by atoms with Gasteiger partial charge < -0.3 is 71.1 Å². The largest absolute Gasteiger partial charge is 0.468 e. The van der Waals surface area contributed by atoms with E-state index in [4.69, 9.17) is 61.6 Å². The summed E-state index contributed by atoms with van der Waals surface area (Å²) in [6.07, 6.45) is -16.7. The van der Waals surface area contributed by atoms with Gasteiger partial charge in [0.05, 0.1) is 38.4 Å². The molecule has 0 aromatic heterocycles. The van der Waals surface area contributed by atoms with Crippen LogP contribution >= 0.6 is 0 Å². The Kier molecular flexibility index (Phi) is 50.9. The summed E-state index contributed by atoms with van der Waals surface area (Å²) in [6, 6.07) is 0. The third-order valence-electron chi connectivity index (χ3n) is 28.6. The topological polar surface area (TPSA) is 275 Å². The zero-order valence-corrected chi connectivity index (χ0v) is 83.4. The van der Waals surface area contributed by atoms with E-state index in [0.29, 0.717) is 69.7 Å². The molecule has 0 amide bonds. The Labute approximate surface area is 796 Å². The molecule has 2 heterocycles. The Hall–Kier alpha value is -5.99. The number of carbonyl (C=O) groups is 8. The molecular weight excluding hydrogens is 1900 g/mol. The van der Waals surface area contributed by atoms with Gasteiger partial charge in [-0.05, 0) is 260 Å². The maximum absolute atomic E-state index is 13.2. The van der Waals surface area contributed by atoms with E-state index < -0.39 is 160 Å².